The molecule has 0 radical (unpaired) electrons. The number of carbonyl (C=O) groups excluding carboxylic acids is 1. The molecule has 0 aliphatic rings. The molecule has 5 heteroatoms. The van der Waals surface area contributed by atoms with Crippen LogP contribution in [0.15, 0.2) is 35.7 Å². The van der Waals surface area contributed by atoms with E-state index in [-0.39, 0.29) is 5.91 Å². The van der Waals surface area contributed by atoms with Crippen LogP contribution in [0.4, 0.5) is 0 Å². The van der Waals surface area contributed by atoms with E-state index in [0.717, 1.165) is 22.0 Å². The van der Waals surface area contributed by atoms with Gasteiger partial charge in [0, 0.05) is 25.0 Å². The van der Waals surface area contributed by atoms with Gasteiger partial charge in [-0.15, -0.1) is 11.3 Å². The number of aromatic nitrogens is 1. The summed E-state index contributed by atoms with van der Waals surface area (Å²) in [5.41, 5.74) is 1.91. The first-order valence-electron chi connectivity index (χ1n) is 7.15. The van der Waals surface area contributed by atoms with Gasteiger partial charge in [0.1, 0.15) is 12.4 Å². The Kier molecular flexibility index (Phi) is 5.72. The number of thiazole rings is 1. The van der Waals surface area contributed by atoms with Gasteiger partial charge in [-0.1, -0.05) is 12.1 Å². The van der Waals surface area contributed by atoms with Crippen molar-refractivity contribution in [3.05, 3.63) is 52.0 Å². The molecule has 22 heavy (non-hydrogen) atoms. The number of nitrogens with zero attached hydrogens (tertiary/aromatic N) is 2. The molecule has 0 saturated carbocycles. The minimum absolute atomic E-state index is 0.00160. The van der Waals surface area contributed by atoms with Crippen LogP contribution in [0.2, 0.25) is 0 Å². The largest absolute Gasteiger partial charge is 0.487 e. The highest BCUT2D eigenvalue weighted by Crippen LogP contribution is 2.16. The molecule has 0 aliphatic heterocycles. The van der Waals surface area contributed by atoms with Gasteiger partial charge in [-0.25, -0.2) is 4.98 Å². The summed E-state index contributed by atoms with van der Waals surface area (Å²) in [4.78, 5) is 17.7. The molecule has 2 aromatic rings. The second-order valence-corrected chi connectivity index (χ2v) is 5.96. The number of carbonyl (C=O) groups is 1. The SMILES string of the molecule is CCN(C)C(=O)/C=C/c1ccc(OCc2csc(C)n2)cc1. The Hall–Kier alpha value is -2.14. The van der Waals surface area contributed by atoms with Crippen LogP contribution in [-0.4, -0.2) is 29.4 Å². The molecule has 0 aliphatic carbocycles. The van der Waals surface area contributed by atoms with E-state index in [9.17, 15) is 4.79 Å². The molecule has 0 bridgehead atoms. The summed E-state index contributed by atoms with van der Waals surface area (Å²) in [7, 11) is 1.78. The van der Waals surface area contributed by atoms with Crippen LogP contribution in [0.3, 0.4) is 0 Å². The fraction of sp³-hybridized carbons (Fsp3) is 0.294. The average molecular weight is 316 g/mol. The predicted octanol–water partition coefficient (Wildman–Crippen LogP) is 3.52. The van der Waals surface area contributed by atoms with Gasteiger partial charge in [-0.3, -0.25) is 4.79 Å². The van der Waals surface area contributed by atoms with Gasteiger partial charge < -0.3 is 9.64 Å². The van der Waals surface area contributed by atoms with Gasteiger partial charge >= 0.3 is 0 Å². The van der Waals surface area contributed by atoms with Crippen molar-refractivity contribution in [1.82, 2.24) is 9.88 Å². The van der Waals surface area contributed by atoms with Crippen molar-refractivity contribution in [2.75, 3.05) is 13.6 Å². The van der Waals surface area contributed by atoms with Crippen LogP contribution in [-0.2, 0) is 11.4 Å². The summed E-state index contributed by atoms with van der Waals surface area (Å²) >= 11 is 1.62. The van der Waals surface area contributed by atoms with Crippen LogP contribution in [0.25, 0.3) is 6.08 Å². The van der Waals surface area contributed by atoms with Crippen molar-refractivity contribution in [2.45, 2.75) is 20.5 Å². The average Bonchev–Trinajstić information content (AvgIpc) is 2.96. The molecule has 2 rings (SSSR count). The van der Waals surface area contributed by atoms with Crippen molar-refractivity contribution < 1.29 is 9.53 Å². The van der Waals surface area contributed by atoms with Gasteiger partial charge in [0.25, 0.3) is 0 Å². The third kappa shape index (κ3) is 4.70. The first kappa shape index (κ1) is 16.2. The molecular formula is C17H20N2O2S. The zero-order chi connectivity index (χ0) is 15.9. The Labute approximate surface area is 135 Å². The van der Waals surface area contributed by atoms with Crippen LogP contribution in [0.5, 0.6) is 5.75 Å². The van der Waals surface area contributed by atoms with E-state index in [2.05, 4.69) is 4.98 Å². The number of aryl methyl sites for hydroxylation is 1. The standard InChI is InChI=1S/C17H20N2O2S/c1-4-19(3)17(20)10-7-14-5-8-16(9-6-14)21-11-15-12-22-13(2)18-15/h5-10,12H,4,11H2,1-3H3/b10-7+. The van der Waals surface area contributed by atoms with E-state index in [1.54, 1.807) is 29.4 Å². The molecular weight excluding hydrogens is 296 g/mol. The summed E-state index contributed by atoms with van der Waals surface area (Å²) in [5, 5.41) is 3.04. The van der Waals surface area contributed by atoms with Crippen LogP contribution in [0, 0.1) is 6.92 Å². The Morgan fingerprint density at radius 1 is 1.36 bits per heavy atom. The number of rotatable bonds is 6. The first-order chi connectivity index (χ1) is 10.6. The van der Waals surface area contributed by atoms with E-state index >= 15 is 0 Å². The molecule has 4 nitrogen and oxygen atoms in total. The van der Waals surface area contributed by atoms with Crippen molar-refractivity contribution in [2.24, 2.45) is 0 Å². The molecule has 1 heterocycles. The summed E-state index contributed by atoms with van der Waals surface area (Å²) in [6.45, 7) is 5.10. The maximum Gasteiger partial charge on any atom is 0.246 e. The second kappa shape index (κ2) is 7.75. The molecule has 0 N–H and O–H groups in total. The maximum atomic E-state index is 11.7. The van der Waals surface area contributed by atoms with E-state index in [1.165, 1.54) is 0 Å². The monoisotopic (exact) mass is 316 g/mol. The zero-order valence-electron chi connectivity index (χ0n) is 13.1. The Morgan fingerprint density at radius 2 is 2.09 bits per heavy atom. The van der Waals surface area contributed by atoms with Crippen molar-refractivity contribution in [3.8, 4) is 5.75 Å². The van der Waals surface area contributed by atoms with Gasteiger partial charge in [-0.2, -0.15) is 0 Å². The summed E-state index contributed by atoms with van der Waals surface area (Å²) < 4.78 is 5.69. The summed E-state index contributed by atoms with van der Waals surface area (Å²) in [6.07, 6.45) is 3.39. The lowest BCUT2D eigenvalue weighted by Gasteiger charge is -2.10. The van der Waals surface area contributed by atoms with Gasteiger partial charge in [0.15, 0.2) is 0 Å². The number of ether oxygens (including phenoxy) is 1. The highest BCUT2D eigenvalue weighted by Gasteiger charge is 2.02. The lowest BCUT2D eigenvalue weighted by molar-refractivity contribution is -0.124. The van der Waals surface area contributed by atoms with Crippen molar-refractivity contribution in [3.63, 3.8) is 0 Å². The summed E-state index contributed by atoms with van der Waals surface area (Å²) in [5.74, 6) is 0.793. The normalized spacial score (nSPS) is 10.9. The fourth-order valence-corrected chi connectivity index (χ4v) is 2.35. The first-order valence-corrected chi connectivity index (χ1v) is 8.03. The number of hydrogen-bond acceptors (Lipinski definition) is 4. The molecule has 0 spiro atoms. The predicted molar refractivity (Wildman–Crippen MR) is 90.0 cm³/mol. The zero-order valence-corrected chi connectivity index (χ0v) is 13.9. The van der Waals surface area contributed by atoms with E-state index in [0.29, 0.717) is 13.2 Å². The molecule has 0 saturated heterocycles. The molecule has 116 valence electrons. The van der Waals surface area contributed by atoms with Crippen molar-refractivity contribution in [1.29, 1.82) is 0 Å². The molecule has 1 amide bonds. The second-order valence-electron chi connectivity index (χ2n) is 4.90. The lowest BCUT2D eigenvalue weighted by atomic mass is 10.2. The van der Waals surface area contributed by atoms with Crippen LogP contribution in [0.1, 0.15) is 23.2 Å². The highest BCUT2D eigenvalue weighted by molar-refractivity contribution is 7.09. The van der Waals surface area contributed by atoms with E-state index in [1.807, 2.05) is 49.6 Å². The van der Waals surface area contributed by atoms with Gasteiger partial charge in [0.2, 0.25) is 5.91 Å². The number of amides is 1. The quantitative estimate of drug-likeness (QED) is 0.766. The number of benzene rings is 1. The number of hydrogen-bond donors (Lipinski definition) is 0. The Bertz CT molecular complexity index is 647. The van der Waals surface area contributed by atoms with Crippen LogP contribution < -0.4 is 4.74 Å². The third-order valence-corrected chi connectivity index (χ3v) is 4.02. The van der Waals surface area contributed by atoms with Crippen LogP contribution >= 0.6 is 11.3 Å². The summed E-state index contributed by atoms with van der Waals surface area (Å²) in [6, 6.07) is 7.65. The van der Waals surface area contributed by atoms with Gasteiger partial charge in [0.05, 0.1) is 10.7 Å². The van der Waals surface area contributed by atoms with E-state index < -0.39 is 0 Å². The van der Waals surface area contributed by atoms with Gasteiger partial charge in [-0.05, 0) is 37.6 Å². The van der Waals surface area contributed by atoms with Crippen molar-refractivity contribution >= 4 is 23.3 Å². The smallest absolute Gasteiger partial charge is 0.246 e. The highest BCUT2D eigenvalue weighted by atomic mass is 32.1. The fourth-order valence-electron chi connectivity index (χ4n) is 1.76. The molecule has 1 aromatic heterocycles. The molecule has 0 atom stereocenters. The minimum Gasteiger partial charge on any atom is -0.487 e. The topological polar surface area (TPSA) is 42.4 Å². The third-order valence-electron chi connectivity index (χ3n) is 3.20. The maximum absolute atomic E-state index is 11.7. The van der Waals surface area contributed by atoms with E-state index in [4.69, 9.17) is 4.74 Å². The molecule has 1 aromatic carbocycles. The minimum atomic E-state index is 0.00160. The Balaban J connectivity index is 1.90. The molecule has 0 fully saturated rings. The molecule has 0 unspecified atom stereocenters. The number of likely N-dealkylation sites (N-methyl/N-ethyl adjacent to an activating group) is 1. The Morgan fingerprint density at radius 3 is 2.68 bits per heavy atom. The lowest BCUT2D eigenvalue weighted by Crippen LogP contribution is -2.23.